The van der Waals surface area contributed by atoms with Gasteiger partial charge in [-0.2, -0.15) is 10.1 Å². The van der Waals surface area contributed by atoms with Gasteiger partial charge in [-0.3, -0.25) is 10.3 Å². The lowest BCUT2D eigenvalue weighted by Crippen LogP contribution is -2.30. The lowest BCUT2D eigenvalue weighted by molar-refractivity contribution is 0.182. The molecule has 1 aromatic carbocycles. The number of urea groups is 1. The Balaban J connectivity index is 1.31. The van der Waals surface area contributed by atoms with Gasteiger partial charge < -0.3 is 14.9 Å². The van der Waals surface area contributed by atoms with E-state index in [1.807, 2.05) is 38.2 Å². The molecule has 11 heteroatoms. The third-order valence-corrected chi connectivity index (χ3v) is 5.98. The quantitative estimate of drug-likeness (QED) is 0.511. The molecule has 0 saturated heterocycles. The predicted octanol–water partition coefficient (Wildman–Crippen LogP) is 2.33. The first-order valence-corrected chi connectivity index (χ1v) is 10.8. The van der Waals surface area contributed by atoms with Crippen LogP contribution in [0.5, 0.6) is 0 Å². The minimum Gasteiger partial charge on any atom is -0.395 e. The number of anilines is 1. The van der Waals surface area contributed by atoms with Crippen LogP contribution in [0.25, 0.3) is 10.2 Å². The number of benzene rings is 1. The highest BCUT2D eigenvalue weighted by Crippen LogP contribution is 2.30. The zero-order chi connectivity index (χ0) is 22.0. The minimum atomic E-state index is -0.594. The highest BCUT2D eigenvalue weighted by atomic mass is 32.1. The molecule has 31 heavy (non-hydrogen) atoms. The molecule has 0 saturated carbocycles. The molecule has 1 unspecified atom stereocenters. The van der Waals surface area contributed by atoms with Gasteiger partial charge in [0, 0.05) is 38.7 Å². The van der Waals surface area contributed by atoms with E-state index in [0.717, 1.165) is 16.8 Å². The largest absolute Gasteiger partial charge is 0.395 e. The predicted molar refractivity (Wildman–Crippen MR) is 119 cm³/mol. The molecule has 1 aliphatic heterocycles. The molecule has 0 aliphatic carbocycles. The normalized spacial score (nSPS) is 16.3. The number of fused-ring (bicyclic) bond motifs is 1. The van der Waals surface area contributed by atoms with E-state index >= 15 is 0 Å². The summed E-state index contributed by atoms with van der Waals surface area (Å²) < 4.78 is 6.21. The summed E-state index contributed by atoms with van der Waals surface area (Å²) in [5, 5.41) is 25.6. The van der Waals surface area contributed by atoms with Gasteiger partial charge in [0.1, 0.15) is 0 Å². The maximum Gasteiger partial charge on any atom is 0.321 e. The van der Waals surface area contributed by atoms with Gasteiger partial charge in [0.25, 0.3) is 0 Å². The lowest BCUT2D eigenvalue weighted by Gasteiger charge is -2.14. The van der Waals surface area contributed by atoms with Gasteiger partial charge in [-0.1, -0.05) is 22.6 Å². The number of nitrogens with one attached hydrogen (secondary N) is 2. The second-order valence-electron chi connectivity index (χ2n) is 8.15. The Hall–Kier alpha value is -3.05. The second-order valence-corrected chi connectivity index (χ2v) is 9.18. The smallest absolute Gasteiger partial charge is 0.321 e. The Kier molecular flexibility index (Phi) is 5.88. The Labute approximate surface area is 183 Å². The SMILES string of the molecule is CN1CC(c2ccc3nc(NC(=O)NCCc4noc(C(C)(C)CO)n4)sc3c2)C=N1. The summed E-state index contributed by atoms with van der Waals surface area (Å²) in [6.07, 6.45) is 2.37. The molecule has 10 nitrogen and oxygen atoms in total. The Morgan fingerprint density at radius 2 is 2.23 bits per heavy atom. The molecule has 0 spiro atoms. The van der Waals surface area contributed by atoms with Crippen LogP contribution in [0.15, 0.2) is 27.8 Å². The monoisotopic (exact) mass is 443 g/mol. The van der Waals surface area contributed by atoms with Gasteiger partial charge in [-0.15, -0.1) is 0 Å². The Bertz CT molecular complexity index is 1110. The number of aliphatic hydroxyl groups excluding tert-OH is 1. The van der Waals surface area contributed by atoms with E-state index in [4.69, 9.17) is 4.52 Å². The Morgan fingerprint density at radius 3 is 2.97 bits per heavy atom. The number of carbonyl (C=O) groups excluding carboxylic acids is 1. The molecule has 4 rings (SSSR count). The first kappa shape index (κ1) is 21.2. The molecule has 0 radical (unpaired) electrons. The number of rotatable bonds is 7. The van der Waals surface area contributed by atoms with E-state index in [9.17, 15) is 9.90 Å². The Morgan fingerprint density at radius 1 is 1.39 bits per heavy atom. The zero-order valence-corrected chi connectivity index (χ0v) is 18.4. The van der Waals surface area contributed by atoms with Crippen molar-refractivity contribution in [3.8, 4) is 0 Å². The number of aliphatic hydroxyl groups is 1. The number of hydrazone groups is 1. The van der Waals surface area contributed by atoms with Crippen molar-refractivity contribution in [2.75, 3.05) is 32.1 Å². The molecular formula is C20H25N7O3S. The van der Waals surface area contributed by atoms with Gasteiger partial charge in [-0.05, 0) is 31.5 Å². The third kappa shape index (κ3) is 4.83. The molecule has 2 amide bonds. The molecule has 3 heterocycles. The van der Waals surface area contributed by atoms with E-state index in [-0.39, 0.29) is 18.6 Å². The van der Waals surface area contributed by atoms with Crippen molar-refractivity contribution >= 4 is 38.9 Å². The molecule has 1 atom stereocenters. The first-order chi connectivity index (χ1) is 14.8. The van der Waals surface area contributed by atoms with E-state index in [2.05, 4.69) is 43.0 Å². The minimum absolute atomic E-state index is 0.0930. The summed E-state index contributed by atoms with van der Waals surface area (Å²) in [5.74, 6) is 1.12. The molecular weight excluding hydrogens is 418 g/mol. The van der Waals surface area contributed by atoms with E-state index < -0.39 is 5.41 Å². The van der Waals surface area contributed by atoms with Crippen molar-refractivity contribution in [1.82, 2.24) is 25.5 Å². The topological polar surface area (TPSA) is 129 Å². The number of aromatic nitrogens is 3. The summed E-state index contributed by atoms with van der Waals surface area (Å²) in [7, 11) is 1.95. The standard InChI is InChI=1S/C20H25N7O3S/c1-20(2,11-28)17-24-16(26-30-17)6-7-21-18(29)25-19-23-14-5-4-12(8-15(14)31-19)13-9-22-27(3)10-13/h4-5,8-9,13,28H,6-7,10-11H2,1-3H3,(H2,21,23,25,29). The fourth-order valence-electron chi connectivity index (χ4n) is 3.12. The number of hydrogen-bond acceptors (Lipinski definition) is 9. The van der Waals surface area contributed by atoms with Crippen molar-refractivity contribution in [3.05, 3.63) is 35.5 Å². The van der Waals surface area contributed by atoms with Crippen molar-refractivity contribution in [2.45, 2.75) is 31.6 Å². The number of carbonyl (C=O) groups is 1. The van der Waals surface area contributed by atoms with Crippen molar-refractivity contribution in [1.29, 1.82) is 0 Å². The summed E-state index contributed by atoms with van der Waals surface area (Å²) in [4.78, 5) is 21.0. The lowest BCUT2D eigenvalue weighted by atomic mass is 9.95. The van der Waals surface area contributed by atoms with Gasteiger partial charge >= 0.3 is 6.03 Å². The second kappa shape index (κ2) is 8.60. The van der Waals surface area contributed by atoms with E-state index in [1.165, 1.54) is 16.9 Å². The number of likely N-dealkylation sites (N-methyl/N-ethyl adjacent to an activating group) is 1. The first-order valence-electron chi connectivity index (χ1n) is 9.98. The average Bonchev–Trinajstić information content (AvgIpc) is 3.46. The van der Waals surface area contributed by atoms with Gasteiger partial charge in [0.2, 0.25) is 5.89 Å². The van der Waals surface area contributed by atoms with Gasteiger partial charge in [0.15, 0.2) is 11.0 Å². The van der Waals surface area contributed by atoms with E-state index in [0.29, 0.717) is 29.8 Å². The average molecular weight is 444 g/mol. The van der Waals surface area contributed by atoms with Crippen molar-refractivity contribution in [2.24, 2.45) is 5.10 Å². The van der Waals surface area contributed by atoms with Gasteiger partial charge in [-0.25, -0.2) is 9.78 Å². The fraction of sp³-hybridized carbons (Fsp3) is 0.450. The summed E-state index contributed by atoms with van der Waals surface area (Å²) in [6.45, 7) is 4.74. The number of thiazole rings is 1. The molecule has 2 aromatic heterocycles. The third-order valence-electron chi connectivity index (χ3n) is 5.04. The van der Waals surface area contributed by atoms with Crippen LogP contribution >= 0.6 is 11.3 Å². The van der Waals surface area contributed by atoms with Crippen LogP contribution in [0.4, 0.5) is 9.93 Å². The molecule has 164 valence electrons. The highest BCUT2D eigenvalue weighted by Gasteiger charge is 2.26. The van der Waals surface area contributed by atoms with Crippen LogP contribution in [0.3, 0.4) is 0 Å². The maximum atomic E-state index is 12.2. The molecule has 0 bridgehead atoms. The van der Waals surface area contributed by atoms with Crippen LogP contribution < -0.4 is 10.6 Å². The molecule has 3 aromatic rings. The van der Waals surface area contributed by atoms with Crippen LogP contribution in [-0.4, -0.2) is 64.2 Å². The van der Waals surface area contributed by atoms with Crippen molar-refractivity contribution in [3.63, 3.8) is 0 Å². The maximum absolute atomic E-state index is 12.2. The number of hydrogen-bond donors (Lipinski definition) is 3. The van der Waals surface area contributed by atoms with Gasteiger partial charge in [0.05, 0.1) is 22.2 Å². The number of amides is 2. The molecule has 3 N–H and O–H groups in total. The molecule has 0 fully saturated rings. The highest BCUT2D eigenvalue weighted by molar-refractivity contribution is 7.22. The summed E-state index contributed by atoms with van der Waals surface area (Å²) >= 11 is 1.43. The van der Waals surface area contributed by atoms with Crippen LogP contribution in [0.2, 0.25) is 0 Å². The zero-order valence-electron chi connectivity index (χ0n) is 17.6. The summed E-state index contributed by atoms with van der Waals surface area (Å²) in [5.41, 5.74) is 1.44. The van der Waals surface area contributed by atoms with Crippen LogP contribution in [-0.2, 0) is 11.8 Å². The van der Waals surface area contributed by atoms with Crippen molar-refractivity contribution < 1.29 is 14.4 Å². The van der Waals surface area contributed by atoms with Crippen LogP contribution in [0.1, 0.15) is 37.0 Å². The van der Waals surface area contributed by atoms with Crippen LogP contribution in [0, 0.1) is 0 Å². The summed E-state index contributed by atoms with van der Waals surface area (Å²) in [6, 6.07) is 5.79. The number of nitrogens with zero attached hydrogens (tertiary/aromatic N) is 5. The molecule has 1 aliphatic rings. The fourth-order valence-corrected chi connectivity index (χ4v) is 4.03. The van der Waals surface area contributed by atoms with E-state index in [1.54, 1.807) is 0 Å².